The Balaban J connectivity index is 1.78. The minimum Gasteiger partial charge on any atom is -0.391 e. The molecule has 0 saturated heterocycles. The number of halogens is 4. The monoisotopic (exact) mass is 372 g/mol. The Morgan fingerprint density at radius 2 is 2.00 bits per heavy atom. The summed E-state index contributed by atoms with van der Waals surface area (Å²) in [6.07, 6.45) is 1.09. The van der Waals surface area contributed by atoms with Crippen molar-refractivity contribution < 1.29 is 18.4 Å². The first-order chi connectivity index (χ1) is 11.5. The molecule has 0 radical (unpaired) electrons. The SMILES string of the molecule is O=C(CC=NOCc1ccc(Cl)cc1Cl)Nc1ccc(F)cc1F. The molecule has 0 spiro atoms. The number of hydrogen-bond donors (Lipinski definition) is 1. The van der Waals surface area contributed by atoms with E-state index in [1.54, 1.807) is 18.2 Å². The summed E-state index contributed by atoms with van der Waals surface area (Å²) < 4.78 is 26.1. The number of hydrogen-bond acceptors (Lipinski definition) is 3. The molecule has 0 saturated carbocycles. The Hall–Kier alpha value is -2.18. The maximum Gasteiger partial charge on any atom is 0.229 e. The zero-order valence-electron chi connectivity index (χ0n) is 12.2. The van der Waals surface area contributed by atoms with E-state index < -0.39 is 17.5 Å². The lowest BCUT2D eigenvalue weighted by molar-refractivity contribution is -0.115. The lowest BCUT2D eigenvalue weighted by atomic mass is 10.2. The summed E-state index contributed by atoms with van der Waals surface area (Å²) in [4.78, 5) is 16.6. The minimum absolute atomic E-state index is 0.108. The van der Waals surface area contributed by atoms with Crippen LogP contribution in [0.2, 0.25) is 10.0 Å². The van der Waals surface area contributed by atoms with Gasteiger partial charge in [-0.1, -0.05) is 34.4 Å². The third-order valence-electron chi connectivity index (χ3n) is 2.87. The standard InChI is InChI=1S/C16H12Cl2F2N2O2/c17-11-2-1-10(13(18)7-11)9-24-21-6-5-16(23)22-15-4-3-12(19)8-14(15)20/h1-4,6-8H,5,9H2,(H,22,23). The van der Waals surface area contributed by atoms with E-state index in [0.717, 1.165) is 12.1 Å². The number of nitrogens with one attached hydrogen (secondary N) is 1. The molecular formula is C16H12Cl2F2N2O2. The van der Waals surface area contributed by atoms with Crippen LogP contribution in [0.5, 0.6) is 0 Å². The average molecular weight is 373 g/mol. The average Bonchev–Trinajstić information content (AvgIpc) is 2.51. The Kier molecular flexibility index (Phi) is 6.52. The van der Waals surface area contributed by atoms with Gasteiger partial charge in [0.05, 0.1) is 18.3 Å². The van der Waals surface area contributed by atoms with E-state index >= 15 is 0 Å². The second-order valence-electron chi connectivity index (χ2n) is 4.67. The van der Waals surface area contributed by atoms with E-state index in [-0.39, 0.29) is 18.7 Å². The van der Waals surface area contributed by atoms with E-state index in [1.807, 2.05) is 0 Å². The maximum absolute atomic E-state index is 13.4. The quantitative estimate of drug-likeness (QED) is 0.584. The summed E-state index contributed by atoms with van der Waals surface area (Å²) in [5, 5.41) is 6.87. The van der Waals surface area contributed by atoms with Crippen LogP contribution < -0.4 is 5.32 Å². The summed E-state index contributed by atoms with van der Waals surface area (Å²) in [6.45, 7) is 0.112. The molecule has 2 rings (SSSR count). The molecule has 0 aliphatic rings. The number of benzene rings is 2. The van der Waals surface area contributed by atoms with Crippen molar-refractivity contribution >= 4 is 41.0 Å². The first-order valence-electron chi connectivity index (χ1n) is 6.78. The molecule has 1 N–H and O–H groups in total. The van der Waals surface area contributed by atoms with Crippen molar-refractivity contribution in [1.82, 2.24) is 0 Å². The summed E-state index contributed by atoms with van der Waals surface area (Å²) in [7, 11) is 0. The third-order valence-corrected chi connectivity index (χ3v) is 3.45. The molecule has 8 heteroatoms. The fraction of sp³-hybridized carbons (Fsp3) is 0.125. The molecule has 2 aromatic rings. The molecule has 0 heterocycles. The lowest BCUT2D eigenvalue weighted by Gasteiger charge is -2.05. The Labute approximate surface area is 147 Å². The molecule has 24 heavy (non-hydrogen) atoms. The summed E-state index contributed by atoms with van der Waals surface area (Å²) >= 11 is 11.7. The van der Waals surface area contributed by atoms with Crippen LogP contribution in [-0.2, 0) is 16.2 Å². The van der Waals surface area contributed by atoms with Gasteiger partial charge in [-0.25, -0.2) is 8.78 Å². The van der Waals surface area contributed by atoms with E-state index in [4.69, 9.17) is 28.0 Å². The van der Waals surface area contributed by atoms with E-state index in [0.29, 0.717) is 21.7 Å². The van der Waals surface area contributed by atoms with Gasteiger partial charge in [-0.05, 0) is 24.3 Å². The van der Waals surface area contributed by atoms with Crippen LogP contribution in [0.3, 0.4) is 0 Å². The van der Waals surface area contributed by atoms with E-state index in [2.05, 4.69) is 10.5 Å². The number of carbonyl (C=O) groups excluding carboxylic acids is 1. The van der Waals surface area contributed by atoms with Gasteiger partial charge >= 0.3 is 0 Å². The molecular weight excluding hydrogens is 361 g/mol. The van der Waals surface area contributed by atoms with Crippen LogP contribution >= 0.6 is 23.2 Å². The van der Waals surface area contributed by atoms with Gasteiger partial charge in [0.25, 0.3) is 0 Å². The molecule has 0 bridgehead atoms. The summed E-state index contributed by atoms with van der Waals surface area (Å²) in [6, 6.07) is 7.81. The van der Waals surface area contributed by atoms with Gasteiger partial charge in [0, 0.05) is 21.7 Å². The van der Waals surface area contributed by atoms with Crippen LogP contribution in [0.4, 0.5) is 14.5 Å². The highest BCUT2D eigenvalue weighted by Crippen LogP contribution is 2.21. The maximum atomic E-state index is 13.4. The molecule has 0 aliphatic carbocycles. The van der Waals surface area contributed by atoms with Crippen molar-refractivity contribution in [3.63, 3.8) is 0 Å². The van der Waals surface area contributed by atoms with Crippen LogP contribution in [0, 0.1) is 11.6 Å². The van der Waals surface area contributed by atoms with Crippen molar-refractivity contribution in [2.75, 3.05) is 5.32 Å². The van der Waals surface area contributed by atoms with E-state index in [1.165, 1.54) is 6.21 Å². The number of oxime groups is 1. The van der Waals surface area contributed by atoms with Gasteiger partial charge in [0.15, 0.2) is 0 Å². The van der Waals surface area contributed by atoms with Crippen molar-refractivity contribution in [2.45, 2.75) is 13.0 Å². The minimum atomic E-state index is -0.853. The van der Waals surface area contributed by atoms with Crippen LogP contribution in [0.1, 0.15) is 12.0 Å². The molecule has 126 valence electrons. The molecule has 4 nitrogen and oxygen atoms in total. The fourth-order valence-electron chi connectivity index (χ4n) is 1.71. The number of nitrogens with zero attached hydrogens (tertiary/aromatic N) is 1. The summed E-state index contributed by atoms with van der Waals surface area (Å²) in [5.41, 5.74) is 0.583. The molecule has 0 atom stereocenters. The predicted molar refractivity (Wildman–Crippen MR) is 89.3 cm³/mol. The topological polar surface area (TPSA) is 50.7 Å². The molecule has 0 aromatic heterocycles. The normalized spacial score (nSPS) is 10.8. The number of carbonyl (C=O) groups is 1. The predicted octanol–water partition coefficient (Wildman–Crippen LogP) is 4.80. The second-order valence-corrected chi connectivity index (χ2v) is 5.52. The number of rotatable bonds is 6. The summed E-state index contributed by atoms with van der Waals surface area (Å²) in [5.74, 6) is -2.09. The second kappa shape index (κ2) is 8.61. The highest BCUT2D eigenvalue weighted by atomic mass is 35.5. The third kappa shape index (κ3) is 5.47. The first kappa shape index (κ1) is 18.2. The van der Waals surface area contributed by atoms with Gasteiger partial charge in [-0.2, -0.15) is 0 Å². The van der Waals surface area contributed by atoms with Gasteiger partial charge < -0.3 is 10.2 Å². The zero-order valence-corrected chi connectivity index (χ0v) is 13.7. The fourth-order valence-corrected chi connectivity index (χ4v) is 2.17. The molecule has 0 aliphatic heterocycles. The Morgan fingerprint density at radius 3 is 2.71 bits per heavy atom. The molecule has 0 unspecified atom stereocenters. The molecule has 2 aromatic carbocycles. The van der Waals surface area contributed by atoms with Gasteiger partial charge in [0.2, 0.25) is 5.91 Å². The largest absolute Gasteiger partial charge is 0.391 e. The lowest BCUT2D eigenvalue weighted by Crippen LogP contribution is -2.13. The van der Waals surface area contributed by atoms with Crippen LogP contribution in [-0.4, -0.2) is 12.1 Å². The number of anilines is 1. The van der Waals surface area contributed by atoms with Crippen molar-refractivity contribution in [3.8, 4) is 0 Å². The van der Waals surface area contributed by atoms with Gasteiger partial charge in [0.1, 0.15) is 18.2 Å². The zero-order chi connectivity index (χ0) is 17.5. The van der Waals surface area contributed by atoms with E-state index in [9.17, 15) is 13.6 Å². The molecule has 1 amide bonds. The van der Waals surface area contributed by atoms with Gasteiger partial charge in [-0.15, -0.1) is 0 Å². The highest BCUT2D eigenvalue weighted by Gasteiger charge is 2.07. The van der Waals surface area contributed by atoms with Crippen molar-refractivity contribution in [3.05, 3.63) is 63.6 Å². The Morgan fingerprint density at radius 1 is 1.21 bits per heavy atom. The van der Waals surface area contributed by atoms with Gasteiger partial charge in [-0.3, -0.25) is 4.79 Å². The smallest absolute Gasteiger partial charge is 0.229 e. The van der Waals surface area contributed by atoms with Crippen molar-refractivity contribution in [2.24, 2.45) is 5.16 Å². The Bertz CT molecular complexity index is 770. The first-order valence-corrected chi connectivity index (χ1v) is 7.54. The van der Waals surface area contributed by atoms with Crippen molar-refractivity contribution in [1.29, 1.82) is 0 Å². The van der Waals surface area contributed by atoms with Crippen LogP contribution in [0.25, 0.3) is 0 Å². The highest BCUT2D eigenvalue weighted by molar-refractivity contribution is 6.35. The van der Waals surface area contributed by atoms with Crippen LogP contribution in [0.15, 0.2) is 41.6 Å². The molecule has 0 fully saturated rings. The number of amides is 1.